The highest BCUT2D eigenvalue weighted by molar-refractivity contribution is 5.42. The molecule has 0 radical (unpaired) electrons. The van der Waals surface area contributed by atoms with E-state index in [2.05, 4.69) is 0 Å². The highest BCUT2D eigenvalue weighted by Gasteiger charge is 2.27. The van der Waals surface area contributed by atoms with E-state index < -0.39 is 19.0 Å². The summed E-state index contributed by atoms with van der Waals surface area (Å²) >= 11 is 0. The lowest BCUT2D eigenvalue weighted by atomic mass is 10.1. The molecule has 2 N–H and O–H groups in total. The lowest BCUT2D eigenvalue weighted by Crippen LogP contribution is -2.08. The van der Waals surface area contributed by atoms with Gasteiger partial charge in [-0.3, -0.25) is 0 Å². The number of phenols is 2. The largest absolute Gasteiger partial charge is 0.508 e. The maximum atomic E-state index is 11.8. The molecule has 5 heteroatoms. The van der Waals surface area contributed by atoms with Crippen LogP contribution < -0.4 is 0 Å². The fourth-order valence-corrected chi connectivity index (χ4v) is 1.09. The summed E-state index contributed by atoms with van der Waals surface area (Å²) in [7, 11) is 0. The van der Waals surface area contributed by atoms with E-state index in [1.54, 1.807) is 0 Å². The van der Waals surface area contributed by atoms with Gasteiger partial charge >= 0.3 is 6.18 Å². The summed E-state index contributed by atoms with van der Waals surface area (Å²) in [6.45, 7) is 0. The first-order valence-electron chi connectivity index (χ1n) is 3.97. The number of benzene rings is 1. The van der Waals surface area contributed by atoms with Gasteiger partial charge in [-0.2, -0.15) is 13.2 Å². The van der Waals surface area contributed by atoms with Crippen LogP contribution in [0.1, 0.15) is 12.0 Å². The predicted octanol–water partition coefficient (Wildman–Crippen LogP) is 2.59. The summed E-state index contributed by atoms with van der Waals surface area (Å²) in [5.74, 6) is -0.622. The fraction of sp³-hybridized carbons (Fsp3) is 0.333. The fourth-order valence-electron chi connectivity index (χ4n) is 1.09. The summed E-state index contributed by atoms with van der Waals surface area (Å²) in [4.78, 5) is 0. The van der Waals surface area contributed by atoms with Crippen molar-refractivity contribution in [2.45, 2.75) is 19.0 Å². The Kier molecular flexibility index (Phi) is 2.88. The zero-order chi connectivity index (χ0) is 10.8. The molecule has 1 aromatic carbocycles. The van der Waals surface area contributed by atoms with Gasteiger partial charge in [0.1, 0.15) is 11.5 Å². The normalized spacial score (nSPS) is 11.6. The third-order valence-corrected chi connectivity index (χ3v) is 1.79. The third-order valence-electron chi connectivity index (χ3n) is 1.79. The van der Waals surface area contributed by atoms with Gasteiger partial charge in [0.15, 0.2) is 0 Å². The van der Waals surface area contributed by atoms with Crippen molar-refractivity contribution in [2.75, 3.05) is 0 Å². The van der Waals surface area contributed by atoms with E-state index in [1.807, 2.05) is 0 Å². The van der Waals surface area contributed by atoms with E-state index in [-0.39, 0.29) is 17.1 Å². The molecule has 1 rings (SSSR count). The molecule has 0 saturated heterocycles. The Hall–Kier alpha value is -1.39. The minimum absolute atomic E-state index is 0.0650. The zero-order valence-electron chi connectivity index (χ0n) is 7.17. The average molecular weight is 206 g/mol. The smallest absolute Gasteiger partial charge is 0.389 e. The molecule has 0 atom stereocenters. The molecule has 0 heterocycles. The number of halogens is 3. The van der Waals surface area contributed by atoms with Crippen LogP contribution in [0.15, 0.2) is 18.2 Å². The summed E-state index contributed by atoms with van der Waals surface area (Å²) in [6, 6.07) is 3.85. The second-order valence-electron chi connectivity index (χ2n) is 2.89. The monoisotopic (exact) mass is 206 g/mol. The molecule has 0 aliphatic rings. The Morgan fingerprint density at radius 1 is 1.07 bits per heavy atom. The molecule has 0 spiro atoms. The summed E-state index contributed by atoms with van der Waals surface area (Å²) in [6.07, 6.45) is -5.76. The first-order chi connectivity index (χ1) is 6.40. The Morgan fingerprint density at radius 2 is 1.57 bits per heavy atom. The van der Waals surface area contributed by atoms with Gasteiger partial charge < -0.3 is 10.2 Å². The molecule has 14 heavy (non-hydrogen) atoms. The third kappa shape index (κ3) is 2.83. The number of hydrogen-bond acceptors (Lipinski definition) is 2. The molecular weight excluding hydrogens is 197 g/mol. The lowest BCUT2D eigenvalue weighted by molar-refractivity contribution is -0.134. The topological polar surface area (TPSA) is 40.5 Å². The molecular formula is C9H9F3O2. The number of hydrogen-bond donors (Lipinski definition) is 2. The number of rotatable bonds is 2. The van der Waals surface area contributed by atoms with E-state index in [0.717, 1.165) is 0 Å². The van der Waals surface area contributed by atoms with Crippen LogP contribution in [0.5, 0.6) is 11.5 Å². The van der Waals surface area contributed by atoms with Crippen LogP contribution in [0, 0.1) is 0 Å². The van der Waals surface area contributed by atoms with Crippen molar-refractivity contribution >= 4 is 0 Å². The Bertz CT molecular complexity index is 300. The van der Waals surface area contributed by atoms with Gasteiger partial charge in [0, 0.05) is 12.0 Å². The summed E-state index contributed by atoms with van der Waals surface area (Å²) < 4.78 is 35.5. The van der Waals surface area contributed by atoms with Crippen molar-refractivity contribution < 1.29 is 23.4 Å². The van der Waals surface area contributed by atoms with Crippen LogP contribution in [0.4, 0.5) is 13.2 Å². The van der Waals surface area contributed by atoms with Crippen molar-refractivity contribution in [1.29, 1.82) is 0 Å². The van der Waals surface area contributed by atoms with Crippen molar-refractivity contribution in [1.82, 2.24) is 0 Å². The van der Waals surface area contributed by atoms with E-state index in [0.29, 0.717) is 0 Å². The second-order valence-corrected chi connectivity index (χ2v) is 2.89. The highest BCUT2D eigenvalue weighted by Crippen LogP contribution is 2.31. The average Bonchev–Trinajstić information content (AvgIpc) is 2.01. The quantitative estimate of drug-likeness (QED) is 0.780. The molecule has 78 valence electrons. The predicted molar refractivity (Wildman–Crippen MR) is 44.1 cm³/mol. The first kappa shape index (κ1) is 10.7. The van der Waals surface area contributed by atoms with Gasteiger partial charge in [-0.25, -0.2) is 0 Å². The highest BCUT2D eigenvalue weighted by atomic mass is 19.4. The van der Waals surface area contributed by atoms with Crippen LogP contribution >= 0.6 is 0 Å². The van der Waals surface area contributed by atoms with Gasteiger partial charge in [-0.1, -0.05) is 6.07 Å². The van der Waals surface area contributed by atoms with Crippen LogP contribution in [-0.4, -0.2) is 16.4 Å². The van der Waals surface area contributed by atoms with Crippen LogP contribution in [-0.2, 0) is 6.42 Å². The van der Waals surface area contributed by atoms with Crippen molar-refractivity contribution in [2.24, 2.45) is 0 Å². The van der Waals surface area contributed by atoms with E-state index in [9.17, 15) is 13.2 Å². The van der Waals surface area contributed by atoms with Gasteiger partial charge in [0.2, 0.25) is 0 Å². The molecule has 0 aliphatic carbocycles. The zero-order valence-corrected chi connectivity index (χ0v) is 7.17. The number of aromatic hydroxyl groups is 2. The Morgan fingerprint density at radius 3 is 2.00 bits per heavy atom. The van der Waals surface area contributed by atoms with Crippen LogP contribution in [0.2, 0.25) is 0 Å². The lowest BCUT2D eigenvalue weighted by Gasteiger charge is -2.08. The minimum Gasteiger partial charge on any atom is -0.508 e. The molecule has 0 amide bonds. The van der Waals surface area contributed by atoms with Crippen LogP contribution in [0.3, 0.4) is 0 Å². The maximum Gasteiger partial charge on any atom is 0.389 e. The Labute approximate surface area is 78.6 Å². The van der Waals surface area contributed by atoms with Gasteiger partial charge in [0.05, 0.1) is 0 Å². The molecule has 0 aliphatic heterocycles. The molecule has 0 aromatic heterocycles. The van der Waals surface area contributed by atoms with E-state index >= 15 is 0 Å². The molecule has 2 nitrogen and oxygen atoms in total. The number of phenolic OH excluding ortho intramolecular Hbond substituents is 2. The van der Waals surface area contributed by atoms with Crippen molar-refractivity contribution in [3.8, 4) is 11.5 Å². The molecule has 0 bridgehead atoms. The van der Waals surface area contributed by atoms with E-state index in [1.165, 1.54) is 18.2 Å². The summed E-state index contributed by atoms with van der Waals surface area (Å²) in [5, 5.41) is 18.3. The molecule has 0 saturated carbocycles. The molecule has 1 aromatic rings. The first-order valence-corrected chi connectivity index (χ1v) is 3.97. The molecule has 0 fully saturated rings. The van der Waals surface area contributed by atoms with Crippen molar-refractivity contribution in [3.63, 3.8) is 0 Å². The summed E-state index contributed by atoms with van der Waals surface area (Å²) in [5.41, 5.74) is -0.0650. The van der Waals surface area contributed by atoms with Gasteiger partial charge in [0.25, 0.3) is 0 Å². The minimum atomic E-state index is -4.28. The van der Waals surface area contributed by atoms with E-state index in [4.69, 9.17) is 10.2 Å². The molecule has 0 unspecified atom stereocenters. The van der Waals surface area contributed by atoms with Crippen molar-refractivity contribution in [3.05, 3.63) is 23.8 Å². The number of alkyl halides is 3. The van der Waals surface area contributed by atoms with Gasteiger partial charge in [-0.05, 0) is 18.6 Å². The standard InChI is InChI=1S/C9H9F3O2/c10-9(11,12)5-4-6-7(13)2-1-3-8(6)14/h1-3,13-14H,4-5H2. The second kappa shape index (κ2) is 3.77. The Balaban J connectivity index is 2.77. The van der Waals surface area contributed by atoms with Gasteiger partial charge in [-0.15, -0.1) is 0 Å². The maximum absolute atomic E-state index is 11.8. The SMILES string of the molecule is Oc1cccc(O)c1CCC(F)(F)F. The van der Waals surface area contributed by atoms with Crippen LogP contribution in [0.25, 0.3) is 0 Å².